The molecule has 24 heavy (non-hydrogen) atoms. The Balaban J connectivity index is 1.87. The first-order valence-electron chi connectivity index (χ1n) is 8.33. The lowest BCUT2D eigenvalue weighted by atomic mass is 10.0. The lowest BCUT2D eigenvalue weighted by molar-refractivity contribution is 0.196. The standard InChI is InChI=1S/C18H26N4O2/c1-13(2)7-8-14(3)20-18(23)22(4)12-16-10-17(21-24-16)15-6-5-9-19-11-15/h5-6,9-11,13-14H,7-8,12H2,1-4H3,(H,20,23)/t14-/m0/s1. The second-order valence-corrected chi connectivity index (χ2v) is 6.60. The van der Waals surface area contributed by atoms with E-state index in [0.29, 0.717) is 18.2 Å². The number of carbonyl (C=O) groups excluding carboxylic acids is 1. The Labute approximate surface area is 143 Å². The van der Waals surface area contributed by atoms with E-state index in [2.05, 4.69) is 29.3 Å². The number of pyridine rings is 1. The maximum Gasteiger partial charge on any atom is 0.317 e. The molecule has 2 heterocycles. The molecule has 6 nitrogen and oxygen atoms in total. The summed E-state index contributed by atoms with van der Waals surface area (Å²) in [6.45, 7) is 6.77. The molecule has 0 radical (unpaired) electrons. The molecule has 2 amide bonds. The van der Waals surface area contributed by atoms with Crippen LogP contribution in [-0.2, 0) is 6.54 Å². The van der Waals surface area contributed by atoms with Crippen LogP contribution in [0.25, 0.3) is 11.3 Å². The average Bonchev–Trinajstić information content (AvgIpc) is 3.02. The maximum absolute atomic E-state index is 12.2. The summed E-state index contributed by atoms with van der Waals surface area (Å²) in [7, 11) is 1.75. The van der Waals surface area contributed by atoms with E-state index < -0.39 is 0 Å². The third kappa shape index (κ3) is 5.37. The van der Waals surface area contributed by atoms with Gasteiger partial charge in [0.05, 0.1) is 6.54 Å². The molecular weight excluding hydrogens is 304 g/mol. The minimum absolute atomic E-state index is 0.106. The predicted molar refractivity (Wildman–Crippen MR) is 93.3 cm³/mol. The molecule has 0 aliphatic carbocycles. The fourth-order valence-electron chi connectivity index (χ4n) is 2.32. The number of hydrogen-bond donors (Lipinski definition) is 1. The minimum Gasteiger partial charge on any atom is -0.359 e. The zero-order chi connectivity index (χ0) is 17.5. The van der Waals surface area contributed by atoms with E-state index in [1.807, 2.05) is 25.1 Å². The van der Waals surface area contributed by atoms with E-state index in [4.69, 9.17) is 4.52 Å². The van der Waals surface area contributed by atoms with Crippen LogP contribution in [0.15, 0.2) is 35.1 Å². The molecule has 2 aromatic rings. The van der Waals surface area contributed by atoms with Gasteiger partial charge in [-0.25, -0.2) is 4.79 Å². The van der Waals surface area contributed by atoms with Crippen LogP contribution in [0.4, 0.5) is 4.79 Å². The number of carbonyl (C=O) groups is 1. The van der Waals surface area contributed by atoms with Gasteiger partial charge in [0.15, 0.2) is 5.76 Å². The van der Waals surface area contributed by atoms with Crippen LogP contribution < -0.4 is 5.32 Å². The number of amides is 2. The van der Waals surface area contributed by atoms with E-state index >= 15 is 0 Å². The zero-order valence-corrected chi connectivity index (χ0v) is 14.8. The highest BCUT2D eigenvalue weighted by Crippen LogP contribution is 2.18. The number of urea groups is 1. The fraction of sp³-hybridized carbons (Fsp3) is 0.500. The Bertz CT molecular complexity index is 639. The number of aromatic nitrogens is 2. The first-order valence-corrected chi connectivity index (χ1v) is 8.33. The number of hydrogen-bond acceptors (Lipinski definition) is 4. The lowest BCUT2D eigenvalue weighted by Crippen LogP contribution is -2.41. The first kappa shape index (κ1) is 18.0. The van der Waals surface area contributed by atoms with Gasteiger partial charge in [0, 0.05) is 37.1 Å². The Morgan fingerprint density at radius 2 is 2.12 bits per heavy atom. The third-order valence-corrected chi connectivity index (χ3v) is 3.80. The molecule has 0 fully saturated rings. The molecule has 0 spiro atoms. The summed E-state index contributed by atoms with van der Waals surface area (Å²) in [5, 5.41) is 7.04. The Hall–Kier alpha value is -2.37. The van der Waals surface area contributed by atoms with Crippen molar-refractivity contribution in [3.63, 3.8) is 0 Å². The van der Waals surface area contributed by atoms with E-state index in [1.165, 1.54) is 0 Å². The molecule has 6 heteroatoms. The first-order chi connectivity index (χ1) is 11.5. The summed E-state index contributed by atoms with van der Waals surface area (Å²) in [5.41, 5.74) is 1.61. The van der Waals surface area contributed by atoms with E-state index in [-0.39, 0.29) is 12.1 Å². The van der Waals surface area contributed by atoms with E-state index in [1.54, 1.807) is 24.3 Å². The molecule has 0 saturated heterocycles. The molecule has 0 saturated carbocycles. The topological polar surface area (TPSA) is 71.3 Å². The van der Waals surface area contributed by atoms with Gasteiger partial charge in [0.1, 0.15) is 5.69 Å². The molecule has 0 aliphatic rings. The Morgan fingerprint density at radius 1 is 1.33 bits per heavy atom. The summed E-state index contributed by atoms with van der Waals surface area (Å²) in [6, 6.07) is 5.65. The van der Waals surface area contributed by atoms with Gasteiger partial charge in [-0.15, -0.1) is 0 Å². The highest BCUT2D eigenvalue weighted by atomic mass is 16.5. The van der Waals surface area contributed by atoms with Crippen LogP contribution in [0, 0.1) is 5.92 Å². The second kappa shape index (κ2) is 8.47. The number of rotatable bonds is 7. The van der Waals surface area contributed by atoms with Crippen LogP contribution >= 0.6 is 0 Å². The molecule has 130 valence electrons. The summed E-state index contributed by atoms with van der Waals surface area (Å²) >= 11 is 0. The highest BCUT2D eigenvalue weighted by Gasteiger charge is 2.15. The van der Waals surface area contributed by atoms with Crippen molar-refractivity contribution in [2.75, 3.05) is 7.05 Å². The van der Waals surface area contributed by atoms with Crippen LogP contribution in [0.2, 0.25) is 0 Å². The monoisotopic (exact) mass is 330 g/mol. The van der Waals surface area contributed by atoms with Crippen molar-refractivity contribution in [2.45, 2.75) is 46.2 Å². The quantitative estimate of drug-likeness (QED) is 0.840. The van der Waals surface area contributed by atoms with Crippen molar-refractivity contribution < 1.29 is 9.32 Å². The van der Waals surface area contributed by atoms with Crippen LogP contribution in [0.1, 0.15) is 39.4 Å². The van der Waals surface area contributed by atoms with Crippen LogP contribution in [-0.4, -0.2) is 34.2 Å². The largest absolute Gasteiger partial charge is 0.359 e. The number of nitrogens with zero attached hydrogens (tertiary/aromatic N) is 3. The highest BCUT2D eigenvalue weighted by molar-refractivity contribution is 5.74. The molecule has 0 unspecified atom stereocenters. The third-order valence-electron chi connectivity index (χ3n) is 3.80. The lowest BCUT2D eigenvalue weighted by Gasteiger charge is -2.20. The van der Waals surface area contributed by atoms with Gasteiger partial charge in [0.25, 0.3) is 0 Å². The smallest absolute Gasteiger partial charge is 0.317 e. The summed E-state index contributed by atoms with van der Waals surface area (Å²) in [6.07, 6.45) is 5.52. The van der Waals surface area contributed by atoms with Crippen LogP contribution in [0.3, 0.4) is 0 Å². The Morgan fingerprint density at radius 3 is 2.79 bits per heavy atom. The van der Waals surface area contributed by atoms with Crippen molar-refractivity contribution >= 4 is 6.03 Å². The molecule has 0 aromatic carbocycles. The fourth-order valence-corrected chi connectivity index (χ4v) is 2.32. The molecule has 1 atom stereocenters. The van der Waals surface area contributed by atoms with Gasteiger partial charge < -0.3 is 14.7 Å². The summed E-state index contributed by atoms with van der Waals surface area (Å²) in [5.74, 6) is 1.28. The van der Waals surface area contributed by atoms with Crippen molar-refractivity contribution in [1.29, 1.82) is 0 Å². The second-order valence-electron chi connectivity index (χ2n) is 6.60. The molecule has 2 rings (SSSR count). The maximum atomic E-state index is 12.2. The summed E-state index contributed by atoms with van der Waals surface area (Å²) in [4.78, 5) is 17.9. The van der Waals surface area contributed by atoms with Crippen molar-refractivity contribution in [3.8, 4) is 11.3 Å². The van der Waals surface area contributed by atoms with Gasteiger partial charge in [-0.1, -0.05) is 19.0 Å². The normalized spacial score (nSPS) is 12.2. The average molecular weight is 330 g/mol. The minimum atomic E-state index is -0.106. The van der Waals surface area contributed by atoms with Crippen molar-refractivity contribution in [2.24, 2.45) is 5.92 Å². The predicted octanol–water partition coefficient (Wildman–Crippen LogP) is 3.70. The Kier molecular flexibility index (Phi) is 6.35. The summed E-state index contributed by atoms with van der Waals surface area (Å²) < 4.78 is 5.32. The zero-order valence-electron chi connectivity index (χ0n) is 14.8. The number of nitrogens with one attached hydrogen (secondary N) is 1. The molecule has 2 aromatic heterocycles. The molecule has 0 aliphatic heterocycles. The van der Waals surface area contributed by atoms with Crippen LogP contribution in [0.5, 0.6) is 0 Å². The van der Waals surface area contributed by atoms with Gasteiger partial charge in [-0.05, 0) is 37.8 Å². The molecular formula is C18H26N4O2. The van der Waals surface area contributed by atoms with Gasteiger partial charge in [-0.3, -0.25) is 4.98 Å². The van der Waals surface area contributed by atoms with Crippen molar-refractivity contribution in [3.05, 3.63) is 36.4 Å². The van der Waals surface area contributed by atoms with Gasteiger partial charge in [0.2, 0.25) is 0 Å². The molecule has 0 bridgehead atoms. The van der Waals surface area contributed by atoms with Crippen molar-refractivity contribution in [1.82, 2.24) is 20.4 Å². The van der Waals surface area contributed by atoms with E-state index in [0.717, 1.165) is 24.1 Å². The van der Waals surface area contributed by atoms with Gasteiger partial charge >= 0.3 is 6.03 Å². The SMILES string of the molecule is CC(C)CC[C@H](C)NC(=O)N(C)Cc1cc(-c2cccnc2)no1. The van der Waals surface area contributed by atoms with E-state index in [9.17, 15) is 4.79 Å². The molecule has 1 N–H and O–H groups in total. The van der Waals surface area contributed by atoms with Gasteiger partial charge in [-0.2, -0.15) is 0 Å².